The lowest BCUT2D eigenvalue weighted by molar-refractivity contribution is 0.281. The normalized spacial score (nSPS) is 17.9. The molecule has 6 heteroatoms. The van der Waals surface area contributed by atoms with Crippen molar-refractivity contribution >= 4 is 21.8 Å². The Morgan fingerprint density at radius 3 is 2.80 bits per heavy atom. The number of aliphatic hydroxyl groups is 1. The fraction of sp³-hybridized carbons (Fsp3) is 0.571. The van der Waals surface area contributed by atoms with Gasteiger partial charge in [0.25, 0.3) is 0 Å². The summed E-state index contributed by atoms with van der Waals surface area (Å²) in [5, 5.41) is 9.23. The quantitative estimate of drug-likeness (QED) is 0.921. The molecular weight excluding hydrogens is 294 g/mol. The Morgan fingerprint density at radius 1 is 1.30 bits per heavy atom. The predicted molar refractivity (Wildman–Crippen MR) is 82.4 cm³/mol. The van der Waals surface area contributed by atoms with Gasteiger partial charge in [0, 0.05) is 18.8 Å². The zero-order chi connectivity index (χ0) is 14.6. The predicted octanol–water partition coefficient (Wildman–Crippen LogP) is 1.87. The molecule has 0 unspecified atom stereocenters. The maximum absolute atomic E-state index is 12.8. The molecule has 0 saturated carbocycles. The first-order valence-electron chi connectivity index (χ1n) is 6.90. The molecule has 2 rings (SSSR count). The maximum atomic E-state index is 12.8. The van der Waals surface area contributed by atoms with Crippen molar-refractivity contribution in [2.24, 2.45) is 0 Å². The van der Waals surface area contributed by atoms with Crippen molar-refractivity contribution in [3.63, 3.8) is 0 Å². The molecule has 0 radical (unpaired) electrons. The van der Waals surface area contributed by atoms with Gasteiger partial charge >= 0.3 is 0 Å². The molecule has 112 valence electrons. The second-order valence-corrected chi connectivity index (χ2v) is 7.95. The monoisotopic (exact) mass is 315 g/mol. The number of hydrogen-bond acceptors (Lipinski definition) is 4. The molecule has 0 aromatic heterocycles. The lowest BCUT2D eigenvalue weighted by Crippen LogP contribution is -2.33. The van der Waals surface area contributed by atoms with Crippen LogP contribution >= 0.6 is 11.8 Å². The van der Waals surface area contributed by atoms with E-state index < -0.39 is 10.0 Å². The van der Waals surface area contributed by atoms with Crippen molar-refractivity contribution in [3.05, 3.63) is 29.3 Å². The van der Waals surface area contributed by atoms with Crippen LogP contribution < -0.4 is 0 Å². The molecule has 20 heavy (non-hydrogen) atoms. The molecule has 1 aromatic carbocycles. The van der Waals surface area contributed by atoms with Crippen LogP contribution in [0, 0.1) is 0 Å². The molecule has 0 atom stereocenters. The Kier molecular flexibility index (Phi) is 5.49. The Balaban J connectivity index is 2.41. The minimum atomic E-state index is -3.45. The van der Waals surface area contributed by atoms with Crippen molar-refractivity contribution in [1.82, 2.24) is 4.31 Å². The minimum Gasteiger partial charge on any atom is -0.392 e. The van der Waals surface area contributed by atoms with Gasteiger partial charge in [0.15, 0.2) is 0 Å². The van der Waals surface area contributed by atoms with Crippen LogP contribution in [-0.4, -0.2) is 42.4 Å². The number of hydrogen-bond donors (Lipinski definition) is 1. The number of aliphatic hydroxyl groups excluding tert-OH is 1. The molecule has 1 fully saturated rings. The summed E-state index contributed by atoms with van der Waals surface area (Å²) < 4.78 is 27.2. The van der Waals surface area contributed by atoms with Gasteiger partial charge in [0.1, 0.15) is 0 Å². The number of thioether (sulfide) groups is 1. The van der Waals surface area contributed by atoms with Gasteiger partial charge in [-0.25, -0.2) is 8.42 Å². The Bertz CT molecular complexity index is 550. The summed E-state index contributed by atoms with van der Waals surface area (Å²) in [7, 11) is -3.45. The van der Waals surface area contributed by atoms with Crippen molar-refractivity contribution in [3.8, 4) is 0 Å². The van der Waals surface area contributed by atoms with E-state index in [0.717, 1.165) is 23.5 Å². The molecule has 0 aliphatic carbocycles. The lowest BCUT2D eigenvalue weighted by atomic mass is 10.1. The number of aryl methyl sites for hydroxylation is 1. The van der Waals surface area contributed by atoms with Crippen LogP contribution in [0.4, 0.5) is 0 Å². The largest absolute Gasteiger partial charge is 0.392 e. The fourth-order valence-corrected chi connectivity index (χ4v) is 5.16. The highest BCUT2D eigenvalue weighted by atomic mass is 32.2. The van der Waals surface area contributed by atoms with Gasteiger partial charge in [-0.15, -0.1) is 0 Å². The van der Waals surface area contributed by atoms with Crippen LogP contribution in [0.5, 0.6) is 0 Å². The van der Waals surface area contributed by atoms with Crippen LogP contribution in [0.15, 0.2) is 23.1 Å². The first-order chi connectivity index (χ1) is 9.59. The summed E-state index contributed by atoms with van der Waals surface area (Å²) >= 11 is 1.80. The summed E-state index contributed by atoms with van der Waals surface area (Å²) in [5.41, 5.74) is 1.46. The fourth-order valence-electron chi connectivity index (χ4n) is 2.33. The molecular formula is C14H21NO3S2. The zero-order valence-electron chi connectivity index (χ0n) is 11.7. The molecule has 1 N–H and O–H groups in total. The van der Waals surface area contributed by atoms with Crippen LogP contribution in [0.25, 0.3) is 0 Å². The molecule has 1 aromatic rings. The van der Waals surface area contributed by atoms with Gasteiger partial charge in [-0.3, -0.25) is 0 Å². The molecule has 1 aliphatic rings. The highest BCUT2D eigenvalue weighted by Crippen LogP contribution is 2.24. The third kappa shape index (κ3) is 3.36. The van der Waals surface area contributed by atoms with E-state index in [1.165, 1.54) is 0 Å². The third-order valence-electron chi connectivity index (χ3n) is 3.49. The first kappa shape index (κ1) is 15.8. The number of benzene rings is 1. The van der Waals surface area contributed by atoms with Crippen LogP contribution in [-0.2, 0) is 23.1 Å². The smallest absolute Gasteiger partial charge is 0.243 e. The summed E-state index contributed by atoms with van der Waals surface area (Å²) in [4.78, 5) is 0.360. The standard InChI is InChI=1S/C14H21NO3S2/c1-2-13-5-4-12(11-16)10-14(13)20(17,18)15-6-3-8-19-9-7-15/h4-5,10,16H,2-3,6-9,11H2,1H3. The summed E-state index contributed by atoms with van der Waals surface area (Å²) in [6.07, 6.45) is 1.56. The van der Waals surface area contributed by atoms with Gasteiger partial charge < -0.3 is 5.11 Å². The Hall–Kier alpha value is -0.560. The summed E-state index contributed by atoms with van der Waals surface area (Å²) in [5.74, 6) is 1.86. The number of sulfonamides is 1. The molecule has 0 spiro atoms. The first-order valence-corrected chi connectivity index (χ1v) is 9.49. The van der Waals surface area contributed by atoms with Crippen molar-refractivity contribution in [1.29, 1.82) is 0 Å². The molecule has 0 bridgehead atoms. The van der Waals surface area contributed by atoms with Crippen molar-refractivity contribution in [2.45, 2.75) is 31.3 Å². The number of rotatable bonds is 4. The van der Waals surface area contributed by atoms with E-state index in [1.54, 1.807) is 28.2 Å². The van der Waals surface area contributed by atoms with Gasteiger partial charge in [0.05, 0.1) is 11.5 Å². The molecule has 4 nitrogen and oxygen atoms in total. The summed E-state index contributed by atoms with van der Waals surface area (Å²) in [6, 6.07) is 5.22. The summed E-state index contributed by atoms with van der Waals surface area (Å²) in [6.45, 7) is 2.97. The minimum absolute atomic E-state index is 0.137. The maximum Gasteiger partial charge on any atom is 0.243 e. The van der Waals surface area contributed by atoms with E-state index >= 15 is 0 Å². The Labute approximate surface area is 125 Å². The number of nitrogens with zero attached hydrogens (tertiary/aromatic N) is 1. The van der Waals surface area contributed by atoms with Gasteiger partial charge in [0.2, 0.25) is 10.0 Å². The average molecular weight is 315 g/mol. The van der Waals surface area contributed by atoms with Gasteiger partial charge in [-0.2, -0.15) is 16.1 Å². The SMILES string of the molecule is CCc1ccc(CO)cc1S(=O)(=O)N1CCCSCC1. The van der Waals surface area contributed by atoms with Crippen molar-refractivity contribution < 1.29 is 13.5 Å². The average Bonchev–Trinajstić information content (AvgIpc) is 2.76. The molecule has 0 amide bonds. The van der Waals surface area contributed by atoms with E-state index in [9.17, 15) is 13.5 Å². The van der Waals surface area contributed by atoms with Gasteiger partial charge in [-0.1, -0.05) is 19.1 Å². The zero-order valence-corrected chi connectivity index (χ0v) is 13.3. The highest BCUT2D eigenvalue weighted by Gasteiger charge is 2.27. The van der Waals surface area contributed by atoms with E-state index in [1.807, 2.05) is 13.0 Å². The topological polar surface area (TPSA) is 57.6 Å². The van der Waals surface area contributed by atoms with Gasteiger partial charge in [-0.05, 0) is 35.8 Å². The highest BCUT2D eigenvalue weighted by molar-refractivity contribution is 7.99. The van der Waals surface area contributed by atoms with E-state index in [4.69, 9.17) is 0 Å². The van der Waals surface area contributed by atoms with Crippen LogP contribution in [0.1, 0.15) is 24.5 Å². The Morgan fingerprint density at radius 2 is 2.10 bits per heavy atom. The van der Waals surface area contributed by atoms with Crippen molar-refractivity contribution in [2.75, 3.05) is 24.6 Å². The van der Waals surface area contributed by atoms with Crippen LogP contribution in [0.3, 0.4) is 0 Å². The molecule has 1 aliphatic heterocycles. The second kappa shape index (κ2) is 6.93. The third-order valence-corrected chi connectivity index (χ3v) is 6.52. The van der Waals surface area contributed by atoms with E-state index in [0.29, 0.717) is 30.0 Å². The van der Waals surface area contributed by atoms with E-state index in [-0.39, 0.29) is 6.61 Å². The molecule has 1 heterocycles. The lowest BCUT2D eigenvalue weighted by Gasteiger charge is -2.21. The van der Waals surface area contributed by atoms with Crippen LogP contribution in [0.2, 0.25) is 0 Å². The molecule has 1 saturated heterocycles. The second-order valence-electron chi connectivity index (χ2n) is 4.82. The van der Waals surface area contributed by atoms with E-state index in [2.05, 4.69) is 0 Å².